The Morgan fingerprint density at radius 1 is 1.29 bits per heavy atom. The highest BCUT2D eigenvalue weighted by atomic mass is 32.2. The number of benzene rings is 1. The number of rotatable bonds is 6. The monoisotopic (exact) mass is 347 g/mol. The van der Waals surface area contributed by atoms with Crippen LogP contribution < -0.4 is 5.32 Å². The third-order valence-corrected chi connectivity index (χ3v) is 4.14. The number of carbonyl (C=O) groups excluding carboxylic acids is 1. The van der Waals surface area contributed by atoms with E-state index in [1.54, 1.807) is 36.1 Å². The van der Waals surface area contributed by atoms with Crippen molar-refractivity contribution in [3.8, 4) is 11.6 Å². The fourth-order valence-corrected chi connectivity index (χ4v) is 2.79. The smallest absolute Gasteiger partial charge is 0.322 e. The van der Waals surface area contributed by atoms with Gasteiger partial charge in [-0.15, -0.1) is 16.9 Å². The van der Waals surface area contributed by atoms with E-state index in [2.05, 4.69) is 20.6 Å². The van der Waals surface area contributed by atoms with Crippen LogP contribution in [0.15, 0.2) is 45.8 Å². The molecule has 24 heavy (non-hydrogen) atoms. The molecule has 0 unspecified atom stereocenters. The van der Waals surface area contributed by atoms with Crippen LogP contribution in [0.5, 0.6) is 0 Å². The molecule has 3 aromatic rings. The van der Waals surface area contributed by atoms with E-state index in [-0.39, 0.29) is 30.1 Å². The second-order valence-electron chi connectivity index (χ2n) is 4.85. The van der Waals surface area contributed by atoms with Crippen LogP contribution in [0.1, 0.15) is 6.42 Å². The van der Waals surface area contributed by atoms with Gasteiger partial charge in [-0.05, 0) is 30.3 Å². The van der Waals surface area contributed by atoms with Crippen molar-refractivity contribution in [2.75, 3.05) is 11.1 Å². The summed E-state index contributed by atoms with van der Waals surface area (Å²) in [7, 11) is 1.75. The zero-order chi connectivity index (χ0) is 16.9. The molecule has 0 aliphatic carbocycles. The number of aromatic nitrogens is 4. The Labute approximate surface area is 141 Å². The summed E-state index contributed by atoms with van der Waals surface area (Å²) in [6.07, 6.45) is 1.88. The van der Waals surface area contributed by atoms with Gasteiger partial charge in [0.15, 0.2) is 0 Å². The summed E-state index contributed by atoms with van der Waals surface area (Å²) in [5.74, 6) is 0.328. The molecule has 0 aliphatic heterocycles. The van der Waals surface area contributed by atoms with Gasteiger partial charge in [-0.2, -0.15) is 5.10 Å². The lowest BCUT2D eigenvalue weighted by molar-refractivity contribution is -0.115. The maximum absolute atomic E-state index is 12.8. The number of carbonyl (C=O) groups is 1. The number of thioether (sulfide) groups is 1. The van der Waals surface area contributed by atoms with E-state index >= 15 is 0 Å². The first-order valence-corrected chi connectivity index (χ1v) is 8.10. The molecule has 2 aromatic heterocycles. The number of nitrogens with one attached hydrogen (secondary N) is 1. The van der Waals surface area contributed by atoms with Crippen LogP contribution in [0.4, 0.5) is 10.4 Å². The highest BCUT2D eigenvalue weighted by Gasteiger charge is 2.13. The molecule has 0 spiro atoms. The molecule has 7 nitrogen and oxygen atoms in total. The Kier molecular flexibility index (Phi) is 4.90. The lowest BCUT2D eigenvalue weighted by Gasteiger charge is -2.01. The van der Waals surface area contributed by atoms with Gasteiger partial charge in [0.05, 0.1) is 0 Å². The van der Waals surface area contributed by atoms with Crippen LogP contribution in [0.3, 0.4) is 0 Å². The van der Waals surface area contributed by atoms with Gasteiger partial charge in [0.25, 0.3) is 5.89 Å². The van der Waals surface area contributed by atoms with Crippen molar-refractivity contribution in [2.24, 2.45) is 7.05 Å². The van der Waals surface area contributed by atoms with Crippen molar-refractivity contribution in [1.82, 2.24) is 20.0 Å². The molecule has 2 heterocycles. The van der Waals surface area contributed by atoms with Gasteiger partial charge in [-0.25, -0.2) is 4.39 Å². The van der Waals surface area contributed by atoms with Crippen LogP contribution in [0.25, 0.3) is 11.6 Å². The van der Waals surface area contributed by atoms with E-state index in [0.717, 1.165) is 4.90 Å². The van der Waals surface area contributed by atoms with Gasteiger partial charge in [-0.3, -0.25) is 14.8 Å². The van der Waals surface area contributed by atoms with Crippen LogP contribution in [0.2, 0.25) is 0 Å². The molecular formula is C15H14FN5O2S. The molecular weight excluding hydrogens is 333 g/mol. The maximum Gasteiger partial charge on any atom is 0.322 e. The standard InChI is InChI=1S/C15H14FN5O2S/c1-21-12(6-8-17-21)14-19-20-15(23-14)18-13(22)7-9-24-11-4-2-10(16)3-5-11/h2-6,8H,7,9H2,1H3,(H,18,20,22). The summed E-state index contributed by atoms with van der Waals surface area (Å²) in [6.45, 7) is 0. The van der Waals surface area contributed by atoms with Crippen molar-refractivity contribution in [2.45, 2.75) is 11.3 Å². The molecule has 0 bridgehead atoms. The predicted octanol–water partition coefficient (Wildman–Crippen LogP) is 2.73. The molecule has 1 aromatic carbocycles. The minimum absolute atomic E-state index is 0.0444. The van der Waals surface area contributed by atoms with Crippen molar-refractivity contribution >= 4 is 23.7 Å². The zero-order valence-electron chi connectivity index (χ0n) is 12.8. The SMILES string of the molecule is Cn1nccc1-c1nnc(NC(=O)CCSc2ccc(F)cc2)o1. The Balaban J connectivity index is 1.49. The molecule has 9 heteroatoms. The minimum atomic E-state index is -0.280. The third-order valence-electron chi connectivity index (χ3n) is 3.12. The molecule has 0 fully saturated rings. The van der Waals surface area contributed by atoms with E-state index in [9.17, 15) is 9.18 Å². The maximum atomic E-state index is 12.8. The largest absolute Gasteiger partial charge is 0.401 e. The average Bonchev–Trinajstić information content (AvgIpc) is 3.18. The fourth-order valence-electron chi connectivity index (χ4n) is 1.94. The summed E-state index contributed by atoms with van der Waals surface area (Å²) in [6, 6.07) is 7.91. The molecule has 1 N–H and O–H groups in total. The van der Waals surface area contributed by atoms with Crippen LogP contribution in [-0.2, 0) is 11.8 Å². The first kappa shape index (κ1) is 16.2. The molecule has 0 saturated carbocycles. The van der Waals surface area contributed by atoms with Gasteiger partial charge in [-0.1, -0.05) is 5.10 Å². The lowest BCUT2D eigenvalue weighted by Crippen LogP contribution is -2.12. The topological polar surface area (TPSA) is 85.8 Å². The number of hydrogen-bond donors (Lipinski definition) is 1. The number of hydrogen-bond acceptors (Lipinski definition) is 6. The number of halogens is 1. The molecule has 0 atom stereocenters. The summed E-state index contributed by atoms with van der Waals surface area (Å²) >= 11 is 1.47. The summed E-state index contributed by atoms with van der Waals surface area (Å²) < 4.78 is 19.8. The van der Waals surface area contributed by atoms with Crippen LogP contribution in [-0.4, -0.2) is 31.6 Å². The first-order valence-electron chi connectivity index (χ1n) is 7.12. The molecule has 1 amide bonds. The minimum Gasteiger partial charge on any atom is -0.401 e. The van der Waals surface area contributed by atoms with Gasteiger partial charge in [0.2, 0.25) is 5.91 Å². The number of nitrogens with zero attached hydrogens (tertiary/aromatic N) is 4. The molecule has 3 rings (SSSR count). The van der Waals surface area contributed by atoms with E-state index in [4.69, 9.17) is 4.42 Å². The Hall–Kier alpha value is -2.68. The zero-order valence-corrected chi connectivity index (χ0v) is 13.6. The van der Waals surface area contributed by atoms with Crippen molar-refractivity contribution in [1.29, 1.82) is 0 Å². The van der Waals surface area contributed by atoms with Crippen LogP contribution >= 0.6 is 11.8 Å². The van der Waals surface area contributed by atoms with Crippen molar-refractivity contribution < 1.29 is 13.6 Å². The lowest BCUT2D eigenvalue weighted by atomic mass is 10.4. The second-order valence-corrected chi connectivity index (χ2v) is 6.02. The van der Waals surface area contributed by atoms with Crippen molar-refractivity contribution in [3.05, 3.63) is 42.3 Å². The fraction of sp³-hybridized carbons (Fsp3) is 0.200. The normalized spacial score (nSPS) is 10.8. The van der Waals surface area contributed by atoms with Crippen molar-refractivity contribution in [3.63, 3.8) is 0 Å². The van der Waals surface area contributed by atoms with E-state index in [0.29, 0.717) is 11.4 Å². The average molecular weight is 347 g/mol. The van der Waals surface area contributed by atoms with Crippen LogP contribution in [0, 0.1) is 5.82 Å². The summed E-state index contributed by atoms with van der Waals surface area (Å²) in [5.41, 5.74) is 0.662. The molecule has 0 aliphatic rings. The predicted molar refractivity (Wildman–Crippen MR) is 86.9 cm³/mol. The Morgan fingerprint density at radius 2 is 2.08 bits per heavy atom. The van der Waals surface area contributed by atoms with Gasteiger partial charge in [0.1, 0.15) is 11.5 Å². The molecule has 0 radical (unpaired) electrons. The number of amides is 1. The highest BCUT2D eigenvalue weighted by Crippen LogP contribution is 2.20. The molecule has 124 valence electrons. The molecule has 0 saturated heterocycles. The van der Waals surface area contributed by atoms with Gasteiger partial charge >= 0.3 is 6.01 Å². The van der Waals surface area contributed by atoms with E-state index in [1.807, 2.05) is 0 Å². The first-order chi connectivity index (χ1) is 11.6. The van der Waals surface area contributed by atoms with E-state index < -0.39 is 0 Å². The van der Waals surface area contributed by atoms with E-state index in [1.165, 1.54) is 23.9 Å². The summed E-state index contributed by atoms with van der Waals surface area (Å²) in [4.78, 5) is 12.8. The quantitative estimate of drug-likeness (QED) is 0.690. The Bertz CT molecular complexity index is 831. The highest BCUT2D eigenvalue weighted by molar-refractivity contribution is 7.99. The third kappa shape index (κ3) is 3.99. The number of anilines is 1. The summed E-state index contributed by atoms with van der Waals surface area (Å²) in [5, 5.41) is 14.2. The second kappa shape index (κ2) is 7.26. The van der Waals surface area contributed by atoms with Gasteiger partial charge < -0.3 is 4.42 Å². The van der Waals surface area contributed by atoms with Gasteiger partial charge in [0, 0.05) is 30.3 Å². The Morgan fingerprint density at radius 3 is 2.79 bits per heavy atom. The number of aryl methyl sites for hydroxylation is 1.